The number of rotatable bonds is 8. The Morgan fingerprint density at radius 1 is 0.930 bits per heavy atom. The van der Waals surface area contributed by atoms with Crippen molar-refractivity contribution in [2.75, 3.05) is 24.5 Å². The standard InChI is InChI=1S/C44H47ClN6O6/c1-24-34(12-8-27(20-46)36(24)45)57-42-43(2,3)41(44(42,4)5)48-37(53)26-6-9-30(10-7-26)50-16-14-25(15-17-50)21-49-22-28-18-31-32(19-29(28)23-49)40(56)51(39(31)55)33-11-13-35(52)47-38(33)54/h6-10,12,18-19,25,33,41-42H,11,13-17,21-23H2,1-5H3,(H,48,53)(H,47,52,54). The Balaban J connectivity index is 0.825. The van der Waals surface area contributed by atoms with Gasteiger partial charge in [-0.05, 0) is 91.8 Å². The van der Waals surface area contributed by atoms with E-state index in [2.05, 4.69) is 54.2 Å². The van der Waals surface area contributed by atoms with Crippen LogP contribution in [-0.2, 0) is 22.7 Å². The Hall–Kier alpha value is -5.25. The summed E-state index contributed by atoms with van der Waals surface area (Å²) in [4.78, 5) is 70.0. The maximum atomic E-state index is 13.5. The largest absolute Gasteiger partial charge is 0.489 e. The van der Waals surface area contributed by atoms with Crippen LogP contribution in [0.1, 0.15) is 107 Å². The van der Waals surface area contributed by atoms with Crippen LogP contribution >= 0.6 is 11.6 Å². The third-order valence-electron chi connectivity index (χ3n) is 13.0. The highest BCUT2D eigenvalue weighted by molar-refractivity contribution is 6.32. The van der Waals surface area contributed by atoms with E-state index in [9.17, 15) is 29.2 Å². The molecule has 0 bridgehead atoms. The van der Waals surface area contributed by atoms with Gasteiger partial charge >= 0.3 is 0 Å². The minimum atomic E-state index is -0.967. The predicted octanol–water partition coefficient (Wildman–Crippen LogP) is 5.77. The highest BCUT2D eigenvalue weighted by Gasteiger charge is 2.64. The lowest BCUT2D eigenvalue weighted by atomic mass is 9.49. The van der Waals surface area contributed by atoms with E-state index in [0.717, 1.165) is 59.8 Å². The Labute approximate surface area is 337 Å². The number of imide groups is 2. The number of nitrogens with one attached hydrogen (secondary N) is 2. The van der Waals surface area contributed by atoms with Crippen molar-refractivity contribution >= 4 is 46.8 Å². The van der Waals surface area contributed by atoms with Crippen molar-refractivity contribution in [2.24, 2.45) is 16.7 Å². The van der Waals surface area contributed by atoms with Crippen molar-refractivity contribution in [3.8, 4) is 11.8 Å². The molecule has 0 radical (unpaired) electrons. The molecule has 2 saturated heterocycles. The normalized spacial score (nSPS) is 24.1. The summed E-state index contributed by atoms with van der Waals surface area (Å²) in [5.74, 6) is -0.927. The smallest absolute Gasteiger partial charge is 0.262 e. The molecular formula is C44H47ClN6O6. The lowest BCUT2D eigenvalue weighted by Crippen LogP contribution is -2.74. The molecule has 5 amide bonds. The highest BCUT2D eigenvalue weighted by Crippen LogP contribution is 2.56. The van der Waals surface area contributed by atoms with Gasteiger partial charge in [0.05, 0.1) is 21.7 Å². The van der Waals surface area contributed by atoms with Crippen LogP contribution in [0.25, 0.3) is 0 Å². The fourth-order valence-corrected chi connectivity index (χ4v) is 10.4. The molecule has 0 aromatic heterocycles. The molecular weight excluding hydrogens is 744 g/mol. The van der Waals surface area contributed by atoms with Gasteiger partial charge in [0.2, 0.25) is 11.8 Å². The van der Waals surface area contributed by atoms with Crippen LogP contribution in [-0.4, -0.2) is 77.2 Å². The van der Waals surface area contributed by atoms with Gasteiger partial charge in [0, 0.05) is 72.8 Å². The predicted molar refractivity (Wildman–Crippen MR) is 213 cm³/mol. The number of anilines is 1. The lowest BCUT2D eigenvalue weighted by Gasteiger charge is -2.63. The maximum Gasteiger partial charge on any atom is 0.262 e. The van der Waals surface area contributed by atoms with E-state index in [4.69, 9.17) is 16.3 Å². The summed E-state index contributed by atoms with van der Waals surface area (Å²) in [6.45, 7) is 14.3. The molecule has 3 fully saturated rings. The van der Waals surface area contributed by atoms with Gasteiger partial charge in [-0.1, -0.05) is 39.3 Å². The SMILES string of the molecule is Cc1c(OC2C(C)(C)C(NC(=O)c3ccc(N4CCC(CN5Cc6cc7c(cc6C5)C(=O)N(C5CCC(=O)NC5=O)C7=O)CC4)cc3)C2(C)C)ccc(C#N)c1Cl. The number of amides is 5. The quantitative estimate of drug-likeness (QED) is 0.271. The number of fused-ring (bicyclic) bond motifs is 2. The second-order valence-electron chi connectivity index (χ2n) is 17.5. The summed E-state index contributed by atoms with van der Waals surface area (Å²) in [5, 5.41) is 15.3. The Morgan fingerprint density at radius 3 is 2.12 bits per heavy atom. The maximum absolute atomic E-state index is 13.5. The number of nitrogens with zero attached hydrogens (tertiary/aromatic N) is 4. The molecule has 1 aliphatic carbocycles. The topological polar surface area (TPSA) is 152 Å². The minimum absolute atomic E-state index is 0.0935. The van der Waals surface area contributed by atoms with Crippen molar-refractivity contribution in [3.63, 3.8) is 0 Å². The molecule has 3 aromatic rings. The molecule has 1 atom stereocenters. The van der Waals surface area contributed by atoms with E-state index in [1.54, 1.807) is 12.1 Å². The van der Waals surface area contributed by atoms with E-state index in [1.807, 2.05) is 43.3 Å². The molecule has 0 spiro atoms. The van der Waals surface area contributed by atoms with Crippen LogP contribution in [0.4, 0.5) is 5.69 Å². The van der Waals surface area contributed by atoms with Crippen LogP contribution in [0.3, 0.4) is 0 Å². The summed E-state index contributed by atoms with van der Waals surface area (Å²) in [6, 6.07) is 15.9. The number of hydrogen-bond donors (Lipinski definition) is 2. The number of nitriles is 1. The van der Waals surface area contributed by atoms with Gasteiger partial charge in [0.15, 0.2) is 0 Å². The number of carbonyl (C=O) groups excluding carboxylic acids is 5. The molecule has 4 aliphatic heterocycles. The number of benzene rings is 3. The van der Waals surface area contributed by atoms with Crippen LogP contribution < -0.4 is 20.3 Å². The number of halogens is 1. The molecule has 3 aromatic carbocycles. The van der Waals surface area contributed by atoms with Gasteiger partial charge < -0.3 is 15.0 Å². The summed E-state index contributed by atoms with van der Waals surface area (Å²) in [5.41, 5.74) is 4.81. The summed E-state index contributed by atoms with van der Waals surface area (Å²) >= 11 is 6.41. The van der Waals surface area contributed by atoms with E-state index < -0.39 is 29.7 Å². The van der Waals surface area contributed by atoms with E-state index in [1.165, 1.54) is 0 Å². The lowest BCUT2D eigenvalue weighted by molar-refractivity contribution is -0.164. The fourth-order valence-electron chi connectivity index (χ4n) is 10.2. The Bertz CT molecular complexity index is 2190. The molecule has 5 aliphatic rings. The van der Waals surface area contributed by atoms with Crippen LogP contribution in [0.15, 0.2) is 48.5 Å². The Morgan fingerprint density at radius 2 is 1.54 bits per heavy atom. The first kappa shape index (κ1) is 38.6. The van der Waals surface area contributed by atoms with Crippen LogP contribution in [0, 0.1) is 35.0 Å². The zero-order chi connectivity index (χ0) is 40.6. The van der Waals surface area contributed by atoms with Crippen LogP contribution in [0.2, 0.25) is 5.02 Å². The molecule has 2 N–H and O–H groups in total. The molecule has 4 heterocycles. The van der Waals surface area contributed by atoms with Crippen molar-refractivity contribution in [2.45, 2.75) is 91.6 Å². The van der Waals surface area contributed by atoms with E-state index >= 15 is 0 Å². The molecule has 12 nitrogen and oxygen atoms in total. The van der Waals surface area contributed by atoms with E-state index in [0.29, 0.717) is 52.0 Å². The Kier molecular flexibility index (Phi) is 9.68. The number of carbonyl (C=O) groups is 5. The summed E-state index contributed by atoms with van der Waals surface area (Å²) in [6.07, 6.45) is 2.08. The van der Waals surface area contributed by atoms with Crippen molar-refractivity contribution in [3.05, 3.63) is 92.5 Å². The first-order valence-electron chi connectivity index (χ1n) is 19.7. The molecule has 8 rings (SSSR count). The van der Waals surface area contributed by atoms with Gasteiger partial charge in [0.25, 0.3) is 17.7 Å². The zero-order valence-corrected chi connectivity index (χ0v) is 33.7. The fraction of sp³-hybridized carbons (Fsp3) is 0.455. The number of hydrogen-bond acceptors (Lipinski definition) is 9. The van der Waals surface area contributed by atoms with E-state index in [-0.39, 0.29) is 41.7 Å². The second kappa shape index (κ2) is 14.3. The van der Waals surface area contributed by atoms with Gasteiger partial charge in [-0.15, -0.1) is 0 Å². The molecule has 1 unspecified atom stereocenters. The van der Waals surface area contributed by atoms with Crippen molar-refractivity contribution in [1.29, 1.82) is 5.26 Å². The molecule has 13 heteroatoms. The number of piperidine rings is 2. The van der Waals surface area contributed by atoms with Gasteiger partial charge in [-0.3, -0.25) is 39.1 Å². The first-order valence-corrected chi connectivity index (χ1v) is 20.1. The molecule has 1 saturated carbocycles. The number of ether oxygens (including phenoxy) is 1. The summed E-state index contributed by atoms with van der Waals surface area (Å²) in [7, 11) is 0. The zero-order valence-electron chi connectivity index (χ0n) is 32.9. The average Bonchev–Trinajstić information content (AvgIpc) is 3.69. The van der Waals surface area contributed by atoms with Crippen molar-refractivity contribution in [1.82, 2.24) is 20.4 Å². The highest BCUT2D eigenvalue weighted by atomic mass is 35.5. The average molecular weight is 791 g/mol. The second-order valence-corrected chi connectivity index (χ2v) is 17.8. The monoisotopic (exact) mass is 790 g/mol. The van der Waals surface area contributed by atoms with Crippen LogP contribution in [0.5, 0.6) is 5.75 Å². The first-order chi connectivity index (χ1) is 27.1. The van der Waals surface area contributed by atoms with Gasteiger partial charge in [-0.25, -0.2) is 0 Å². The molecule has 57 heavy (non-hydrogen) atoms. The minimum Gasteiger partial charge on any atom is -0.489 e. The molecule has 296 valence electrons. The van der Waals surface area contributed by atoms with Crippen molar-refractivity contribution < 1.29 is 28.7 Å². The van der Waals surface area contributed by atoms with Gasteiger partial charge in [-0.2, -0.15) is 5.26 Å². The third-order valence-corrected chi connectivity index (χ3v) is 13.5. The third kappa shape index (κ3) is 6.64. The summed E-state index contributed by atoms with van der Waals surface area (Å²) < 4.78 is 6.50. The van der Waals surface area contributed by atoms with Gasteiger partial charge in [0.1, 0.15) is 24.0 Å².